The summed E-state index contributed by atoms with van der Waals surface area (Å²) in [6, 6.07) is 8.58. The number of ether oxygens (including phenoxy) is 1. The number of benzene rings is 1. The van der Waals surface area contributed by atoms with Crippen molar-refractivity contribution in [3.63, 3.8) is 0 Å². The van der Waals surface area contributed by atoms with Crippen LogP contribution in [0.4, 0.5) is 0 Å². The Balaban J connectivity index is 2.44. The van der Waals surface area contributed by atoms with E-state index in [9.17, 15) is 4.79 Å². The molecule has 0 saturated carbocycles. The predicted octanol–water partition coefficient (Wildman–Crippen LogP) is 1.97. The molecule has 0 saturated heterocycles. The molecule has 2 aromatic rings. The van der Waals surface area contributed by atoms with Crippen molar-refractivity contribution in [1.29, 1.82) is 0 Å². The molecule has 0 bridgehead atoms. The van der Waals surface area contributed by atoms with Gasteiger partial charge in [0.2, 0.25) is 0 Å². The molecule has 0 fully saturated rings. The molecule has 1 aromatic carbocycles. The standard InChI is InChI=1S/C11H11ClN2O2/c1-16-7-9-6-11(15)14(13-9)10-4-2-3-8(12)5-10/h2-6,13H,7H2,1H3. The number of hydrogen-bond acceptors (Lipinski definition) is 2. The maximum Gasteiger partial charge on any atom is 0.271 e. The molecule has 0 radical (unpaired) electrons. The molecule has 0 aliphatic carbocycles. The van der Waals surface area contributed by atoms with Gasteiger partial charge in [-0.15, -0.1) is 0 Å². The second-order valence-electron chi connectivity index (χ2n) is 3.37. The van der Waals surface area contributed by atoms with Gasteiger partial charge in [-0.1, -0.05) is 17.7 Å². The molecule has 2 rings (SSSR count). The largest absolute Gasteiger partial charge is 0.378 e. The van der Waals surface area contributed by atoms with Crippen molar-refractivity contribution in [2.24, 2.45) is 0 Å². The topological polar surface area (TPSA) is 47.0 Å². The molecule has 4 nitrogen and oxygen atoms in total. The average molecular weight is 239 g/mol. The predicted molar refractivity (Wildman–Crippen MR) is 62.1 cm³/mol. The molecule has 0 amide bonds. The Hall–Kier alpha value is -1.52. The van der Waals surface area contributed by atoms with E-state index in [1.165, 1.54) is 10.7 Å². The van der Waals surface area contributed by atoms with Crippen LogP contribution in [0.2, 0.25) is 5.02 Å². The van der Waals surface area contributed by atoms with Crippen molar-refractivity contribution in [3.8, 4) is 5.69 Å². The van der Waals surface area contributed by atoms with E-state index in [0.29, 0.717) is 17.3 Å². The number of rotatable bonds is 3. The van der Waals surface area contributed by atoms with Crippen molar-refractivity contribution < 1.29 is 4.74 Å². The van der Waals surface area contributed by atoms with Gasteiger partial charge in [0, 0.05) is 18.2 Å². The van der Waals surface area contributed by atoms with Gasteiger partial charge in [0.15, 0.2) is 0 Å². The lowest BCUT2D eigenvalue weighted by Crippen LogP contribution is -2.13. The van der Waals surface area contributed by atoms with Crippen molar-refractivity contribution in [2.45, 2.75) is 6.61 Å². The van der Waals surface area contributed by atoms with E-state index in [2.05, 4.69) is 5.10 Å². The minimum atomic E-state index is -0.130. The van der Waals surface area contributed by atoms with Gasteiger partial charge in [-0.3, -0.25) is 9.89 Å². The third-order valence-corrected chi connectivity index (χ3v) is 2.37. The third kappa shape index (κ3) is 2.18. The van der Waals surface area contributed by atoms with E-state index in [-0.39, 0.29) is 5.56 Å². The Morgan fingerprint density at radius 3 is 2.94 bits per heavy atom. The van der Waals surface area contributed by atoms with E-state index < -0.39 is 0 Å². The molecule has 0 spiro atoms. The van der Waals surface area contributed by atoms with Crippen molar-refractivity contribution in [1.82, 2.24) is 9.78 Å². The lowest BCUT2D eigenvalue weighted by molar-refractivity contribution is 0.181. The first-order valence-corrected chi connectivity index (χ1v) is 5.14. The van der Waals surface area contributed by atoms with Crippen LogP contribution in [0.15, 0.2) is 35.1 Å². The zero-order valence-corrected chi connectivity index (χ0v) is 9.49. The lowest BCUT2D eigenvalue weighted by atomic mass is 10.3. The minimum Gasteiger partial charge on any atom is -0.378 e. The summed E-state index contributed by atoms with van der Waals surface area (Å²) in [5, 5.41) is 3.54. The molecule has 1 aromatic heterocycles. The van der Waals surface area contributed by atoms with Gasteiger partial charge in [0.05, 0.1) is 18.0 Å². The quantitative estimate of drug-likeness (QED) is 0.889. The molecule has 1 N–H and O–H groups in total. The van der Waals surface area contributed by atoms with Crippen LogP contribution in [0.3, 0.4) is 0 Å². The zero-order chi connectivity index (χ0) is 11.5. The summed E-state index contributed by atoms with van der Waals surface area (Å²) in [7, 11) is 1.58. The molecule has 0 atom stereocenters. The highest BCUT2D eigenvalue weighted by molar-refractivity contribution is 6.30. The number of aromatic nitrogens is 2. The molecule has 0 aliphatic rings. The fraction of sp³-hybridized carbons (Fsp3) is 0.182. The van der Waals surface area contributed by atoms with Gasteiger partial charge in [0.25, 0.3) is 5.56 Å². The van der Waals surface area contributed by atoms with Crippen LogP contribution in [0.25, 0.3) is 5.69 Å². The summed E-state index contributed by atoms with van der Waals surface area (Å²) in [4.78, 5) is 11.7. The molecule has 0 unspecified atom stereocenters. The molecular weight excluding hydrogens is 228 g/mol. The van der Waals surface area contributed by atoms with Gasteiger partial charge < -0.3 is 4.74 Å². The maximum absolute atomic E-state index is 11.7. The monoisotopic (exact) mass is 238 g/mol. The van der Waals surface area contributed by atoms with Gasteiger partial charge in [-0.05, 0) is 18.2 Å². The van der Waals surface area contributed by atoms with E-state index >= 15 is 0 Å². The fourth-order valence-corrected chi connectivity index (χ4v) is 1.67. The van der Waals surface area contributed by atoms with Crippen LogP contribution in [-0.4, -0.2) is 16.9 Å². The Labute approximate surface area is 97.4 Å². The fourth-order valence-electron chi connectivity index (χ4n) is 1.48. The Morgan fingerprint density at radius 2 is 2.25 bits per heavy atom. The first-order chi connectivity index (χ1) is 7.70. The highest BCUT2D eigenvalue weighted by atomic mass is 35.5. The van der Waals surface area contributed by atoms with Crippen LogP contribution in [-0.2, 0) is 11.3 Å². The van der Waals surface area contributed by atoms with E-state index in [0.717, 1.165) is 5.69 Å². The summed E-state index contributed by atoms with van der Waals surface area (Å²) < 4.78 is 6.38. The first kappa shape index (κ1) is 11.0. The molecule has 5 heteroatoms. The van der Waals surface area contributed by atoms with Crippen LogP contribution in [0, 0.1) is 0 Å². The van der Waals surface area contributed by atoms with Crippen molar-refractivity contribution >= 4 is 11.6 Å². The second kappa shape index (κ2) is 4.55. The maximum atomic E-state index is 11.7. The molecule has 16 heavy (non-hydrogen) atoms. The van der Waals surface area contributed by atoms with Crippen LogP contribution >= 0.6 is 11.6 Å². The lowest BCUT2D eigenvalue weighted by Gasteiger charge is -2.02. The average Bonchev–Trinajstić information content (AvgIpc) is 2.60. The SMILES string of the molecule is COCc1cc(=O)n(-c2cccc(Cl)c2)[nH]1. The number of aromatic amines is 1. The second-order valence-corrected chi connectivity index (χ2v) is 3.80. The van der Waals surface area contributed by atoms with Gasteiger partial charge in [-0.25, -0.2) is 4.68 Å². The van der Waals surface area contributed by atoms with Crippen LogP contribution < -0.4 is 5.56 Å². The minimum absolute atomic E-state index is 0.130. The summed E-state index contributed by atoms with van der Waals surface area (Å²) >= 11 is 5.86. The van der Waals surface area contributed by atoms with Crippen molar-refractivity contribution in [3.05, 3.63) is 51.4 Å². The smallest absolute Gasteiger partial charge is 0.271 e. The molecule has 1 heterocycles. The Kier molecular flexibility index (Phi) is 3.12. The van der Waals surface area contributed by atoms with Crippen LogP contribution in [0.5, 0.6) is 0 Å². The molecule has 0 aliphatic heterocycles. The van der Waals surface area contributed by atoms with Gasteiger partial charge in [-0.2, -0.15) is 0 Å². The Morgan fingerprint density at radius 1 is 1.44 bits per heavy atom. The highest BCUT2D eigenvalue weighted by Crippen LogP contribution is 2.12. The molecular formula is C11H11ClN2O2. The number of nitrogens with zero attached hydrogens (tertiary/aromatic N) is 1. The van der Waals surface area contributed by atoms with E-state index in [1.54, 1.807) is 31.4 Å². The number of nitrogens with one attached hydrogen (secondary N) is 1. The summed E-state index contributed by atoms with van der Waals surface area (Å²) in [6.45, 7) is 0.378. The Bertz CT molecular complexity index is 545. The number of halogens is 1. The van der Waals surface area contributed by atoms with E-state index in [4.69, 9.17) is 16.3 Å². The number of hydrogen-bond donors (Lipinski definition) is 1. The number of methoxy groups -OCH3 is 1. The number of H-pyrrole nitrogens is 1. The van der Waals surface area contributed by atoms with Crippen LogP contribution in [0.1, 0.15) is 5.69 Å². The first-order valence-electron chi connectivity index (χ1n) is 4.76. The normalized spacial score (nSPS) is 10.6. The van der Waals surface area contributed by atoms with E-state index in [1.807, 2.05) is 0 Å². The summed E-state index contributed by atoms with van der Waals surface area (Å²) in [5.41, 5.74) is 1.31. The molecule has 84 valence electrons. The van der Waals surface area contributed by atoms with Crippen molar-refractivity contribution in [2.75, 3.05) is 7.11 Å². The zero-order valence-electron chi connectivity index (χ0n) is 8.74. The highest BCUT2D eigenvalue weighted by Gasteiger charge is 2.04. The summed E-state index contributed by atoms with van der Waals surface area (Å²) in [5.74, 6) is 0. The third-order valence-electron chi connectivity index (χ3n) is 2.14. The van der Waals surface area contributed by atoms with Gasteiger partial charge >= 0.3 is 0 Å². The van der Waals surface area contributed by atoms with Gasteiger partial charge in [0.1, 0.15) is 0 Å². The summed E-state index contributed by atoms with van der Waals surface area (Å²) in [6.07, 6.45) is 0.